The van der Waals surface area contributed by atoms with Gasteiger partial charge in [-0.25, -0.2) is 14.5 Å². The number of fused-ring (bicyclic) bond motifs is 1. The standard InChI is InChI=1S/C16H16N4O3/c1-10(16(22)23-3)19-11(2)18-14-13(15(19)21)9-17-20(14)12-7-5-4-6-8-12/h4-10H,1-3H3. The Labute approximate surface area is 132 Å². The number of esters is 1. The summed E-state index contributed by atoms with van der Waals surface area (Å²) in [5.41, 5.74) is 0.965. The molecule has 0 amide bonds. The van der Waals surface area contributed by atoms with Crippen LogP contribution >= 0.6 is 0 Å². The molecule has 7 heteroatoms. The highest BCUT2D eigenvalue weighted by atomic mass is 16.5. The molecule has 23 heavy (non-hydrogen) atoms. The molecule has 1 unspecified atom stereocenters. The third kappa shape index (κ3) is 2.40. The van der Waals surface area contributed by atoms with Gasteiger partial charge in [0, 0.05) is 0 Å². The highest BCUT2D eigenvalue weighted by Gasteiger charge is 2.22. The molecule has 118 valence electrons. The van der Waals surface area contributed by atoms with Crippen molar-refractivity contribution in [1.82, 2.24) is 19.3 Å². The number of rotatable bonds is 3. The van der Waals surface area contributed by atoms with Crippen molar-refractivity contribution in [2.45, 2.75) is 19.9 Å². The van der Waals surface area contributed by atoms with Gasteiger partial charge in [0.25, 0.3) is 5.56 Å². The van der Waals surface area contributed by atoms with Crippen molar-refractivity contribution in [3.63, 3.8) is 0 Å². The van der Waals surface area contributed by atoms with Gasteiger partial charge in [-0.3, -0.25) is 9.36 Å². The molecule has 0 fully saturated rings. The summed E-state index contributed by atoms with van der Waals surface area (Å²) in [4.78, 5) is 28.9. The van der Waals surface area contributed by atoms with E-state index in [0.29, 0.717) is 16.9 Å². The number of aromatic nitrogens is 4. The van der Waals surface area contributed by atoms with Gasteiger partial charge in [0.2, 0.25) is 0 Å². The fraction of sp³-hybridized carbons (Fsp3) is 0.250. The maximum Gasteiger partial charge on any atom is 0.328 e. The smallest absolute Gasteiger partial charge is 0.328 e. The quantitative estimate of drug-likeness (QED) is 0.687. The molecule has 3 aromatic rings. The molecule has 0 saturated heterocycles. The monoisotopic (exact) mass is 312 g/mol. The largest absolute Gasteiger partial charge is 0.467 e. The lowest BCUT2D eigenvalue weighted by Crippen LogP contribution is -2.31. The van der Waals surface area contributed by atoms with Crippen molar-refractivity contribution in [2.24, 2.45) is 0 Å². The summed E-state index contributed by atoms with van der Waals surface area (Å²) in [6.45, 7) is 3.29. The molecule has 0 saturated carbocycles. The number of ether oxygens (including phenoxy) is 1. The summed E-state index contributed by atoms with van der Waals surface area (Å²) in [5.74, 6) is -0.0649. The average molecular weight is 312 g/mol. The molecule has 0 N–H and O–H groups in total. The van der Waals surface area contributed by atoms with Crippen molar-refractivity contribution in [3.05, 3.63) is 52.7 Å². The van der Waals surface area contributed by atoms with Crippen LogP contribution in [0.25, 0.3) is 16.7 Å². The number of benzene rings is 1. The molecule has 7 nitrogen and oxygen atoms in total. The van der Waals surface area contributed by atoms with Gasteiger partial charge in [0.05, 0.1) is 19.0 Å². The van der Waals surface area contributed by atoms with Crippen LogP contribution in [0, 0.1) is 6.92 Å². The summed E-state index contributed by atoms with van der Waals surface area (Å²) in [7, 11) is 1.29. The number of carbonyl (C=O) groups excluding carboxylic acids is 1. The first kappa shape index (κ1) is 15.0. The average Bonchev–Trinajstić information content (AvgIpc) is 2.98. The number of para-hydroxylation sites is 1. The number of carbonyl (C=O) groups is 1. The molecule has 1 atom stereocenters. The molecule has 0 spiro atoms. The van der Waals surface area contributed by atoms with E-state index in [2.05, 4.69) is 10.1 Å². The van der Waals surface area contributed by atoms with Crippen LogP contribution in [0.2, 0.25) is 0 Å². The van der Waals surface area contributed by atoms with Crippen molar-refractivity contribution in [1.29, 1.82) is 0 Å². The normalized spacial score (nSPS) is 12.3. The Hall–Kier alpha value is -2.96. The number of hydrogen-bond acceptors (Lipinski definition) is 5. The van der Waals surface area contributed by atoms with Crippen molar-refractivity contribution < 1.29 is 9.53 Å². The lowest BCUT2D eigenvalue weighted by Gasteiger charge is -2.15. The molecule has 2 heterocycles. The molecule has 2 aromatic heterocycles. The molecular weight excluding hydrogens is 296 g/mol. The summed E-state index contributed by atoms with van der Waals surface area (Å²) in [5, 5.41) is 4.61. The van der Waals surface area contributed by atoms with Crippen LogP contribution in [0.3, 0.4) is 0 Å². The highest BCUT2D eigenvalue weighted by molar-refractivity contribution is 5.77. The first-order chi connectivity index (χ1) is 11.0. The van der Waals surface area contributed by atoms with Gasteiger partial charge < -0.3 is 4.74 Å². The Bertz CT molecular complexity index is 928. The SMILES string of the molecule is COC(=O)C(C)n1c(C)nc2c(cnn2-c2ccccc2)c1=O. The first-order valence-corrected chi connectivity index (χ1v) is 7.14. The van der Waals surface area contributed by atoms with Crippen LogP contribution in [0.4, 0.5) is 0 Å². The van der Waals surface area contributed by atoms with Gasteiger partial charge in [0.15, 0.2) is 5.65 Å². The number of aryl methyl sites for hydroxylation is 1. The van der Waals surface area contributed by atoms with E-state index in [1.54, 1.807) is 18.5 Å². The Kier molecular flexibility index (Phi) is 3.69. The van der Waals surface area contributed by atoms with E-state index in [4.69, 9.17) is 4.74 Å². The Morgan fingerprint density at radius 3 is 2.61 bits per heavy atom. The van der Waals surface area contributed by atoms with Gasteiger partial charge in [-0.15, -0.1) is 0 Å². The van der Waals surface area contributed by atoms with Crippen LogP contribution in [-0.2, 0) is 9.53 Å². The van der Waals surface area contributed by atoms with Gasteiger partial charge in [0.1, 0.15) is 17.3 Å². The van der Waals surface area contributed by atoms with Crippen LogP contribution in [0.5, 0.6) is 0 Å². The molecule has 0 radical (unpaired) electrons. The number of nitrogens with zero attached hydrogens (tertiary/aromatic N) is 4. The molecule has 3 rings (SSSR count). The zero-order chi connectivity index (χ0) is 16.6. The minimum absolute atomic E-state index is 0.312. The van der Waals surface area contributed by atoms with E-state index in [1.165, 1.54) is 17.9 Å². The number of methoxy groups -OCH3 is 1. The maximum atomic E-state index is 12.7. The predicted octanol–water partition coefficient (Wildman–Crippen LogP) is 1.62. The summed E-state index contributed by atoms with van der Waals surface area (Å²) in [6.07, 6.45) is 1.47. The van der Waals surface area contributed by atoms with Crippen LogP contribution in [0.1, 0.15) is 18.8 Å². The van der Waals surface area contributed by atoms with Gasteiger partial charge >= 0.3 is 5.97 Å². The lowest BCUT2D eigenvalue weighted by molar-refractivity contribution is -0.144. The lowest BCUT2D eigenvalue weighted by atomic mass is 10.3. The Morgan fingerprint density at radius 1 is 1.26 bits per heavy atom. The Morgan fingerprint density at radius 2 is 1.96 bits per heavy atom. The third-order valence-corrected chi connectivity index (χ3v) is 3.74. The molecule has 0 aliphatic heterocycles. The highest BCUT2D eigenvalue weighted by Crippen LogP contribution is 2.16. The summed E-state index contributed by atoms with van der Waals surface area (Å²) in [6, 6.07) is 8.69. The topological polar surface area (TPSA) is 79.0 Å². The van der Waals surface area contributed by atoms with Crippen molar-refractivity contribution >= 4 is 17.0 Å². The van der Waals surface area contributed by atoms with E-state index < -0.39 is 12.0 Å². The second kappa shape index (κ2) is 5.68. The number of hydrogen-bond donors (Lipinski definition) is 0. The van der Waals surface area contributed by atoms with Crippen LogP contribution in [-0.4, -0.2) is 32.4 Å². The van der Waals surface area contributed by atoms with Crippen LogP contribution < -0.4 is 5.56 Å². The summed E-state index contributed by atoms with van der Waals surface area (Å²) < 4.78 is 7.65. The molecular formula is C16H16N4O3. The van der Waals surface area contributed by atoms with E-state index in [9.17, 15) is 9.59 Å². The first-order valence-electron chi connectivity index (χ1n) is 7.14. The van der Waals surface area contributed by atoms with Crippen molar-refractivity contribution in [3.8, 4) is 5.69 Å². The molecule has 0 aliphatic carbocycles. The van der Waals surface area contributed by atoms with E-state index in [1.807, 2.05) is 30.3 Å². The van der Waals surface area contributed by atoms with Crippen LogP contribution in [0.15, 0.2) is 41.3 Å². The van der Waals surface area contributed by atoms with E-state index in [-0.39, 0.29) is 5.56 Å². The van der Waals surface area contributed by atoms with Crippen molar-refractivity contribution in [2.75, 3.05) is 7.11 Å². The van der Waals surface area contributed by atoms with Gasteiger partial charge in [-0.05, 0) is 26.0 Å². The van der Waals surface area contributed by atoms with Gasteiger partial charge in [-0.1, -0.05) is 18.2 Å². The van der Waals surface area contributed by atoms with Gasteiger partial charge in [-0.2, -0.15) is 5.10 Å². The molecule has 1 aromatic carbocycles. The fourth-order valence-corrected chi connectivity index (χ4v) is 2.57. The zero-order valence-electron chi connectivity index (χ0n) is 13.1. The van der Waals surface area contributed by atoms with E-state index in [0.717, 1.165) is 5.69 Å². The summed E-state index contributed by atoms with van der Waals surface area (Å²) >= 11 is 0. The fourth-order valence-electron chi connectivity index (χ4n) is 2.57. The molecule has 0 aliphatic rings. The van der Waals surface area contributed by atoms with E-state index >= 15 is 0 Å². The Balaban J connectivity index is 2.23. The second-order valence-electron chi connectivity index (χ2n) is 5.16. The minimum atomic E-state index is -0.746. The zero-order valence-corrected chi connectivity index (χ0v) is 13.1. The maximum absolute atomic E-state index is 12.7. The minimum Gasteiger partial charge on any atom is -0.467 e. The predicted molar refractivity (Wildman–Crippen MR) is 84.6 cm³/mol. The molecule has 0 bridgehead atoms. The second-order valence-corrected chi connectivity index (χ2v) is 5.16. The third-order valence-electron chi connectivity index (χ3n) is 3.74.